The van der Waals surface area contributed by atoms with E-state index < -0.39 is 0 Å². The summed E-state index contributed by atoms with van der Waals surface area (Å²) >= 11 is 1.32. The van der Waals surface area contributed by atoms with Crippen LogP contribution in [-0.4, -0.2) is 39.9 Å². The number of hydrogen-bond acceptors (Lipinski definition) is 8. The summed E-state index contributed by atoms with van der Waals surface area (Å²) < 4.78 is 18.0. The Morgan fingerprint density at radius 2 is 1.97 bits per heavy atom. The van der Waals surface area contributed by atoms with E-state index in [0.29, 0.717) is 56.1 Å². The number of anilines is 1. The van der Waals surface area contributed by atoms with Crippen molar-refractivity contribution in [1.29, 1.82) is 0 Å². The molecule has 0 saturated carbocycles. The number of methoxy groups -OCH3 is 2. The number of hydrogen-bond donors (Lipinski definition) is 1. The minimum absolute atomic E-state index is 0.310. The quantitative estimate of drug-likeness (QED) is 0.371. The fraction of sp³-hybridized carbons (Fsp3) is 0.167. The standard InChI is InChI=1S/C24H21N5O4S/c1-13-21-16(11-17(20-6-5-9-33-20)25-22(21)29(2)28-13)23(30)27-24-26-18(12-34-24)15-10-14(31-3)7-8-19(15)32-4/h5-12H,1-4H3,(H,26,27,30). The number of pyridine rings is 1. The van der Waals surface area contributed by atoms with Gasteiger partial charge in [0.1, 0.15) is 17.2 Å². The molecule has 4 heterocycles. The summed E-state index contributed by atoms with van der Waals surface area (Å²) in [6.45, 7) is 1.85. The van der Waals surface area contributed by atoms with Gasteiger partial charge in [0.25, 0.3) is 5.91 Å². The van der Waals surface area contributed by atoms with Gasteiger partial charge in [-0.25, -0.2) is 9.97 Å². The SMILES string of the molecule is COc1ccc(OC)c(-c2csc(NC(=O)c3cc(-c4ccco4)nc4c3c(C)nn4C)n2)c1. The Labute approximate surface area is 199 Å². The maximum Gasteiger partial charge on any atom is 0.258 e. The van der Waals surface area contributed by atoms with Gasteiger partial charge in [-0.3, -0.25) is 14.8 Å². The molecule has 0 fully saturated rings. The lowest BCUT2D eigenvalue weighted by Gasteiger charge is -2.08. The van der Waals surface area contributed by atoms with Crippen molar-refractivity contribution >= 4 is 33.4 Å². The van der Waals surface area contributed by atoms with Crippen LogP contribution in [0.5, 0.6) is 11.5 Å². The van der Waals surface area contributed by atoms with Crippen LogP contribution in [0.1, 0.15) is 16.1 Å². The molecule has 0 aliphatic rings. The third kappa shape index (κ3) is 3.77. The molecule has 0 spiro atoms. The molecule has 0 radical (unpaired) electrons. The maximum atomic E-state index is 13.4. The van der Waals surface area contributed by atoms with Crippen molar-refractivity contribution in [2.24, 2.45) is 7.05 Å². The third-order valence-electron chi connectivity index (χ3n) is 5.39. The van der Waals surface area contributed by atoms with Gasteiger partial charge >= 0.3 is 0 Å². The fourth-order valence-corrected chi connectivity index (χ4v) is 4.51. The molecular weight excluding hydrogens is 454 g/mol. The number of aryl methyl sites for hydroxylation is 2. The van der Waals surface area contributed by atoms with Crippen LogP contribution < -0.4 is 14.8 Å². The zero-order valence-corrected chi connectivity index (χ0v) is 19.8. The molecule has 1 aromatic carbocycles. The summed E-state index contributed by atoms with van der Waals surface area (Å²) in [4.78, 5) is 22.7. The van der Waals surface area contributed by atoms with Gasteiger partial charge in [-0.1, -0.05) is 0 Å². The number of furan rings is 1. The number of aromatic nitrogens is 4. The maximum absolute atomic E-state index is 13.4. The molecule has 172 valence electrons. The van der Waals surface area contributed by atoms with Gasteiger partial charge < -0.3 is 13.9 Å². The second-order valence-corrected chi connectivity index (χ2v) is 8.36. The van der Waals surface area contributed by atoms with Crippen LogP contribution in [0.25, 0.3) is 33.7 Å². The number of carbonyl (C=O) groups excluding carboxylic acids is 1. The number of amides is 1. The van der Waals surface area contributed by atoms with Gasteiger partial charge in [0.2, 0.25) is 0 Å². The van der Waals surface area contributed by atoms with Crippen LogP contribution in [0.3, 0.4) is 0 Å². The minimum Gasteiger partial charge on any atom is -0.497 e. The monoisotopic (exact) mass is 475 g/mol. The van der Waals surface area contributed by atoms with E-state index in [1.807, 2.05) is 30.5 Å². The fourth-order valence-electron chi connectivity index (χ4n) is 3.81. The summed E-state index contributed by atoms with van der Waals surface area (Å²) in [6, 6.07) is 10.8. The first-order chi connectivity index (χ1) is 16.5. The molecule has 10 heteroatoms. The summed E-state index contributed by atoms with van der Waals surface area (Å²) in [6.07, 6.45) is 1.57. The highest BCUT2D eigenvalue weighted by atomic mass is 32.1. The molecule has 0 unspecified atom stereocenters. The number of fused-ring (bicyclic) bond motifs is 1. The van der Waals surface area contributed by atoms with Crippen LogP contribution in [-0.2, 0) is 7.05 Å². The Balaban J connectivity index is 1.52. The summed E-state index contributed by atoms with van der Waals surface area (Å²) in [5.74, 6) is 1.60. The van der Waals surface area contributed by atoms with E-state index in [1.165, 1.54) is 11.3 Å². The Kier molecular flexibility index (Phi) is 5.50. The molecule has 0 atom stereocenters. The Morgan fingerprint density at radius 1 is 1.12 bits per heavy atom. The summed E-state index contributed by atoms with van der Waals surface area (Å²) in [5, 5.41) is 10.4. The number of carbonyl (C=O) groups is 1. The molecule has 1 N–H and O–H groups in total. The largest absolute Gasteiger partial charge is 0.497 e. The third-order valence-corrected chi connectivity index (χ3v) is 6.15. The number of rotatable bonds is 6. The predicted molar refractivity (Wildman–Crippen MR) is 130 cm³/mol. The molecule has 0 saturated heterocycles. The van der Waals surface area contributed by atoms with Gasteiger partial charge in [-0.05, 0) is 43.3 Å². The number of thiazole rings is 1. The average molecular weight is 476 g/mol. The molecule has 0 aliphatic heterocycles. The average Bonchev–Trinajstić information content (AvgIpc) is 3.60. The van der Waals surface area contributed by atoms with Crippen molar-refractivity contribution in [1.82, 2.24) is 19.7 Å². The van der Waals surface area contributed by atoms with E-state index >= 15 is 0 Å². The van der Waals surface area contributed by atoms with Crippen molar-refractivity contribution in [2.75, 3.05) is 19.5 Å². The lowest BCUT2D eigenvalue weighted by molar-refractivity contribution is 0.102. The van der Waals surface area contributed by atoms with Crippen LogP contribution in [0.4, 0.5) is 5.13 Å². The number of nitrogens with one attached hydrogen (secondary N) is 1. The van der Waals surface area contributed by atoms with Crippen LogP contribution in [0, 0.1) is 6.92 Å². The summed E-state index contributed by atoms with van der Waals surface area (Å²) in [7, 11) is 5.00. The van der Waals surface area contributed by atoms with Crippen LogP contribution >= 0.6 is 11.3 Å². The predicted octanol–water partition coefficient (Wildman–Crippen LogP) is 4.93. The van der Waals surface area contributed by atoms with Crippen molar-refractivity contribution in [3.63, 3.8) is 0 Å². The number of benzene rings is 1. The molecular formula is C24H21N5O4S. The highest BCUT2D eigenvalue weighted by molar-refractivity contribution is 7.14. The molecule has 1 amide bonds. The van der Waals surface area contributed by atoms with E-state index in [1.54, 1.807) is 50.4 Å². The van der Waals surface area contributed by atoms with E-state index in [0.717, 1.165) is 5.56 Å². The van der Waals surface area contributed by atoms with E-state index in [2.05, 4.69) is 20.4 Å². The van der Waals surface area contributed by atoms with Crippen molar-refractivity contribution in [3.8, 4) is 34.2 Å². The normalized spacial score (nSPS) is 11.1. The zero-order valence-electron chi connectivity index (χ0n) is 18.9. The Morgan fingerprint density at radius 3 is 2.71 bits per heavy atom. The lowest BCUT2D eigenvalue weighted by Crippen LogP contribution is -2.13. The Bertz CT molecular complexity index is 1500. The molecule has 4 aromatic heterocycles. The van der Waals surface area contributed by atoms with Crippen LogP contribution in [0.15, 0.2) is 52.5 Å². The second kappa shape index (κ2) is 8.64. The van der Waals surface area contributed by atoms with Gasteiger partial charge in [0.05, 0.1) is 42.8 Å². The van der Waals surface area contributed by atoms with Crippen molar-refractivity contribution in [2.45, 2.75) is 6.92 Å². The first-order valence-electron chi connectivity index (χ1n) is 10.4. The molecule has 9 nitrogen and oxygen atoms in total. The van der Waals surface area contributed by atoms with Crippen molar-refractivity contribution < 1.29 is 18.7 Å². The van der Waals surface area contributed by atoms with E-state index in [4.69, 9.17) is 13.9 Å². The van der Waals surface area contributed by atoms with E-state index in [9.17, 15) is 4.79 Å². The van der Waals surface area contributed by atoms with Crippen molar-refractivity contribution in [3.05, 3.63) is 59.3 Å². The smallest absolute Gasteiger partial charge is 0.258 e. The van der Waals surface area contributed by atoms with Gasteiger partial charge in [-0.2, -0.15) is 5.10 Å². The topological polar surface area (TPSA) is 104 Å². The van der Waals surface area contributed by atoms with Gasteiger partial charge in [0.15, 0.2) is 16.5 Å². The Hall–Kier alpha value is -4.18. The number of nitrogens with zero attached hydrogens (tertiary/aromatic N) is 4. The van der Waals surface area contributed by atoms with Gasteiger partial charge in [-0.15, -0.1) is 11.3 Å². The van der Waals surface area contributed by atoms with Gasteiger partial charge in [0, 0.05) is 18.0 Å². The van der Waals surface area contributed by atoms with E-state index in [-0.39, 0.29) is 5.91 Å². The zero-order chi connectivity index (χ0) is 23.8. The highest BCUT2D eigenvalue weighted by Crippen LogP contribution is 2.35. The first kappa shape index (κ1) is 21.7. The van der Waals surface area contributed by atoms with Crippen LogP contribution in [0.2, 0.25) is 0 Å². The molecule has 5 rings (SSSR count). The minimum atomic E-state index is -0.310. The molecule has 0 aliphatic carbocycles. The molecule has 5 aromatic rings. The molecule has 34 heavy (non-hydrogen) atoms. The second-order valence-electron chi connectivity index (χ2n) is 7.50. The lowest BCUT2D eigenvalue weighted by atomic mass is 10.1. The molecule has 0 bridgehead atoms. The first-order valence-corrected chi connectivity index (χ1v) is 11.2. The number of ether oxygens (including phenoxy) is 2. The highest BCUT2D eigenvalue weighted by Gasteiger charge is 2.21. The summed E-state index contributed by atoms with van der Waals surface area (Å²) in [5.41, 5.74) is 3.74.